The van der Waals surface area contributed by atoms with Gasteiger partial charge in [-0.15, -0.1) is 0 Å². The minimum Gasteiger partial charge on any atom is -0.322 e. The van der Waals surface area contributed by atoms with E-state index in [4.69, 9.17) is 0 Å². The standard InChI is InChI=1S/C11H7F2N3O/c12-9-2-1-8(3-10(9)13)16-11(17)7-4-14-6-15-5-7/h1-6H,(H,16,17). The first kappa shape index (κ1) is 11.1. The maximum atomic E-state index is 12.9. The molecule has 0 aliphatic rings. The summed E-state index contributed by atoms with van der Waals surface area (Å²) in [4.78, 5) is 18.9. The third kappa shape index (κ3) is 2.60. The average molecular weight is 235 g/mol. The van der Waals surface area contributed by atoms with E-state index in [0.29, 0.717) is 0 Å². The summed E-state index contributed by atoms with van der Waals surface area (Å²) >= 11 is 0. The highest BCUT2D eigenvalue weighted by Gasteiger charge is 2.08. The zero-order valence-corrected chi connectivity index (χ0v) is 8.52. The second-order valence-corrected chi connectivity index (χ2v) is 3.21. The normalized spacial score (nSPS) is 10.0. The van der Waals surface area contributed by atoms with E-state index in [1.165, 1.54) is 24.8 Å². The minimum atomic E-state index is -1.02. The third-order valence-electron chi connectivity index (χ3n) is 2.00. The van der Waals surface area contributed by atoms with Gasteiger partial charge in [-0.25, -0.2) is 18.7 Å². The summed E-state index contributed by atoms with van der Waals surface area (Å²) in [6.07, 6.45) is 3.93. The van der Waals surface area contributed by atoms with E-state index in [9.17, 15) is 13.6 Å². The SMILES string of the molecule is O=C(Nc1ccc(F)c(F)c1)c1cncnc1. The van der Waals surface area contributed by atoms with Gasteiger partial charge in [-0.2, -0.15) is 0 Å². The Bertz CT molecular complexity index is 546. The minimum absolute atomic E-state index is 0.165. The van der Waals surface area contributed by atoms with Crippen molar-refractivity contribution in [2.24, 2.45) is 0 Å². The van der Waals surface area contributed by atoms with Gasteiger partial charge in [-0.3, -0.25) is 4.79 Å². The number of nitrogens with zero attached hydrogens (tertiary/aromatic N) is 2. The number of anilines is 1. The van der Waals surface area contributed by atoms with Crippen LogP contribution in [0.2, 0.25) is 0 Å². The number of amides is 1. The predicted octanol–water partition coefficient (Wildman–Crippen LogP) is 2.01. The molecule has 0 radical (unpaired) electrons. The molecule has 2 rings (SSSR count). The quantitative estimate of drug-likeness (QED) is 0.866. The lowest BCUT2D eigenvalue weighted by atomic mass is 10.2. The maximum Gasteiger partial charge on any atom is 0.258 e. The van der Waals surface area contributed by atoms with Crippen LogP contribution in [0.5, 0.6) is 0 Å². The smallest absolute Gasteiger partial charge is 0.258 e. The molecule has 1 aromatic heterocycles. The van der Waals surface area contributed by atoms with Crippen molar-refractivity contribution in [1.29, 1.82) is 0 Å². The molecule has 0 fully saturated rings. The number of carbonyl (C=O) groups excluding carboxylic acids is 1. The van der Waals surface area contributed by atoms with Gasteiger partial charge in [0.05, 0.1) is 5.56 Å². The van der Waals surface area contributed by atoms with Crippen LogP contribution >= 0.6 is 0 Å². The Kier molecular flexibility index (Phi) is 3.04. The predicted molar refractivity (Wildman–Crippen MR) is 56.3 cm³/mol. The first-order chi connectivity index (χ1) is 8.16. The summed E-state index contributed by atoms with van der Waals surface area (Å²) in [5.74, 6) is -2.48. The summed E-state index contributed by atoms with van der Waals surface area (Å²) in [6, 6.07) is 3.10. The molecule has 4 nitrogen and oxygen atoms in total. The molecular weight excluding hydrogens is 228 g/mol. The van der Waals surface area contributed by atoms with Gasteiger partial charge in [-0.1, -0.05) is 0 Å². The van der Waals surface area contributed by atoms with E-state index < -0.39 is 17.5 Å². The van der Waals surface area contributed by atoms with Gasteiger partial charge < -0.3 is 5.32 Å². The van der Waals surface area contributed by atoms with Gasteiger partial charge in [-0.05, 0) is 12.1 Å². The fourth-order valence-corrected chi connectivity index (χ4v) is 1.19. The molecule has 0 saturated carbocycles. The number of hydrogen-bond acceptors (Lipinski definition) is 3. The van der Waals surface area contributed by atoms with E-state index in [0.717, 1.165) is 12.1 Å². The number of halogens is 2. The highest BCUT2D eigenvalue weighted by atomic mass is 19.2. The topological polar surface area (TPSA) is 54.9 Å². The van der Waals surface area contributed by atoms with Gasteiger partial charge in [0.1, 0.15) is 6.33 Å². The fraction of sp³-hybridized carbons (Fsp3) is 0. The molecule has 0 bridgehead atoms. The van der Waals surface area contributed by atoms with Crippen LogP contribution in [0.15, 0.2) is 36.9 Å². The van der Waals surface area contributed by atoms with Crippen molar-refractivity contribution in [3.8, 4) is 0 Å². The van der Waals surface area contributed by atoms with Crippen molar-refractivity contribution >= 4 is 11.6 Å². The summed E-state index contributed by atoms with van der Waals surface area (Å²) in [6.45, 7) is 0. The van der Waals surface area contributed by atoms with Crippen molar-refractivity contribution in [3.05, 3.63) is 54.1 Å². The lowest BCUT2D eigenvalue weighted by Gasteiger charge is -2.04. The molecule has 17 heavy (non-hydrogen) atoms. The Balaban J connectivity index is 2.16. The molecule has 0 spiro atoms. The van der Waals surface area contributed by atoms with E-state index >= 15 is 0 Å². The zero-order valence-electron chi connectivity index (χ0n) is 8.52. The first-order valence-corrected chi connectivity index (χ1v) is 4.68. The van der Waals surface area contributed by atoms with Crippen LogP contribution in [-0.2, 0) is 0 Å². The van der Waals surface area contributed by atoms with Crippen LogP contribution < -0.4 is 5.32 Å². The number of rotatable bonds is 2. The molecular formula is C11H7F2N3O. The molecule has 1 aromatic carbocycles. The van der Waals surface area contributed by atoms with Crippen molar-refractivity contribution in [3.63, 3.8) is 0 Å². The largest absolute Gasteiger partial charge is 0.322 e. The fourth-order valence-electron chi connectivity index (χ4n) is 1.19. The van der Waals surface area contributed by atoms with Crippen LogP contribution in [0, 0.1) is 11.6 Å². The Morgan fingerprint density at radius 3 is 2.47 bits per heavy atom. The molecule has 0 unspecified atom stereocenters. The maximum absolute atomic E-state index is 12.9. The summed E-state index contributed by atoms with van der Waals surface area (Å²) in [5.41, 5.74) is 0.398. The second-order valence-electron chi connectivity index (χ2n) is 3.21. The van der Waals surface area contributed by atoms with Crippen LogP contribution in [-0.4, -0.2) is 15.9 Å². The second kappa shape index (κ2) is 4.65. The van der Waals surface area contributed by atoms with Gasteiger partial charge in [0.15, 0.2) is 11.6 Å². The van der Waals surface area contributed by atoms with Crippen molar-refractivity contribution in [1.82, 2.24) is 9.97 Å². The highest BCUT2D eigenvalue weighted by molar-refractivity contribution is 6.03. The van der Waals surface area contributed by atoms with Crippen LogP contribution in [0.3, 0.4) is 0 Å². The lowest BCUT2D eigenvalue weighted by Crippen LogP contribution is -2.12. The Hall–Kier alpha value is -2.37. The Labute approximate surface area is 95.3 Å². The molecule has 0 aliphatic carbocycles. The summed E-state index contributed by atoms with van der Waals surface area (Å²) in [5, 5.41) is 2.40. The van der Waals surface area contributed by atoms with Crippen LogP contribution in [0.4, 0.5) is 14.5 Å². The van der Waals surface area contributed by atoms with Crippen LogP contribution in [0.25, 0.3) is 0 Å². The van der Waals surface area contributed by atoms with E-state index in [-0.39, 0.29) is 11.3 Å². The number of hydrogen-bond donors (Lipinski definition) is 1. The average Bonchev–Trinajstić information content (AvgIpc) is 2.35. The summed E-state index contributed by atoms with van der Waals surface area (Å²) in [7, 11) is 0. The molecule has 1 N–H and O–H groups in total. The van der Waals surface area contributed by atoms with Crippen molar-refractivity contribution < 1.29 is 13.6 Å². The Morgan fingerprint density at radius 1 is 1.12 bits per heavy atom. The monoisotopic (exact) mass is 235 g/mol. The zero-order chi connectivity index (χ0) is 12.3. The summed E-state index contributed by atoms with van der Waals surface area (Å²) < 4.78 is 25.5. The van der Waals surface area contributed by atoms with E-state index in [2.05, 4.69) is 15.3 Å². The Morgan fingerprint density at radius 2 is 1.82 bits per heavy atom. The lowest BCUT2D eigenvalue weighted by molar-refractivity contribution is 0.102. The van der Waals surface area contributed by atoms with Crippen molar-refractivity contribution in [2.75, 3.05) is 5.32 Å². The molecule has 2 aromatic rings. The number of nitrogens with one attached hydrogen (secondary N) is 1. The van der Waals surface area contributed by atoms with Gasteiger partial charge in [0.25, 0.3) is 5.91 Å². The first-order valence-electron chi connectivity index (χ1n) is 4.68. The van der Waals surface area contributed by atoms with Crippen molar-refractivity contribution in [2.45, 2.75) is 0 Å². The third-order valence-corrected chi connectivity index (χ3v) is 2.00. The van der Waals surface area contributed by atoms with Gasteiger partial charge in [0, 0.05) is 24.1 Å². The molecule has 0 aliphatic heterocycles. The molecule has 6 heteroatoms. The van der Waals surface area contributed by atoms with Gasteiger partial charge >= 0.3 is 0 Å². The molecule has 1 heterocycles. The van der Waals surface area contributed by atoms with E-state index in [1.807, 2.05) is 0 Å². The highest BCUT2D eigenvalue weighted by Crippen LogP contribution is 2.13. The molecule has 0 saturated heterocycles. The van der Waals surface area contributed by atoms with Gasteiger partial charge in [0.2, 0.25) is 0 Å². The number of aromatic nitrogens is 2. The number of carbonyl (C=O) groups is 1. The molecule has 0 atom stereocenters. The van der Waals surface area contributed by atoms with Crippen LogP contribution in [0.1, 0.15) is 10.4 Å². The molecule has 86 valence electrons. The van der Waals surface area contributed by atoms with E-state index in [1.54, 1.807) is 0 Å². The molecule has 1 amide bonds. The number of benzene rings is 1.